The molecule has 6 heteroatoms. The summed E-state index contributed by atoms with van der Waals surface area (Å²) in [7, 11) is 0. The summed E-state index contributed by atoms with van der Waals surface area (Å²) in [4.78, 5) is 15.0. The second-order valence-corrected chi connectivity index (χ2v) is 5.79. The minimum Gasteiger partial charge on any atom is -0.309 e. The lowest BCUT2D eigenvalue weighted by molar-refractivity contribution is -0.384. The molecule has 0 unspecified atom stereocenters. The number of nitrogens with zero attached hydrogens (tertiary/aromatic N) is 2. The molecule has 0 aliphatic heterocycles. The van der Waals surface area contributed by atoms with Crippen LogP contribution in [-0.4, -0.2) is 15.9 Å². The highest BCUT2D eigenvalue weighted by Gasteiger charge is 2.13. The van der Waals surface area contributed by atoms with E-state index in [-0.39, 0.29) is 10.6 Å². The van der Waals surface area contributed by atoms with Gasteiger partial charge in [0.25, 0.3) is 5.69 Å². The molecule has 0 radical (unpaired) electrons. The molecule has 0 aliphatic carbocycles. The van der Waals surface area contributed by atoms with E-state index < -0.39 is 0 Å². The molecule has 106 valence electrons. The van der Waals surface area contributed by atoms with E-state index in [1.54, 1.807) is 12.1 Å². The van der Waals surface area contributed by atoms with Crippen LogP contribution in [0.3, 0.4) is 0 Å². The average Bonchev–Trinajstić information content (AvgIpc) is 2.85. The summed E-state index contributed by atoms with van der Waals surface area (Å²) in [5, 5.41) is 17.0. The normalized spacial score (nSPS) is 11.0. The van der Waals surface area contributed by atoms with Crippen LogP contribution in [0.4, 0.5) is 5.69 Å². The summed E-state index contributed by atoms with van der Waals surface area (Å²) in [5.41, 5.74) is 2.89. The molecule has 0 fully saturated rings. The maximum atomic E-state index is 10.9. The smallest absolute Gasteiger partial charge is 0.270 e. The number of benzene rings is 1. The third-order valence-corrected chi connectivity index (χ3v) is 3.83. The zero-order chi connectivity index (χ0) is 14.7. The van der Waals surface area contributed by atoms with Gasteiger partial charge in [-0.3, -0.25) is 10.1 Å². The number of nitro groups is 1. The van der Waals surface area contributed by atoms with Crippen LogP contribution in [0.1, 0.15) is 25.1 Å². The van der Waals surface area contributed by atoms with Crippen molar-refractivity contribution in [2.45, 2.75) is 33.4 Å². The monoisotopic (exact) mass is 291 g/mol. The Morgan fingerprint density at radius 1 is 1.45 bits per heavy atom. The fourth-order valence-corrected chi connectivity index (χ4v) is 2.68. The van der Waals surface area contributed by atoms with Crippen LogP contribution in [0.2, 0.25) is 0 Å². The van der Waals surface area contributed by atoms with Crippen LogP contribution in [-0.2, 0) is 6.54 Å². The Morgan fingerprint density at radius 3 is 2.85 bits per heavy atom. The largest absolute Gasteiger partial charge is 0.309 e. The van der Waals surface area contributed by atoms with Gasteiger partial charge in [0.05, 0.1) is 10.6 Å². The Bertz CT molecular complexity index is 623. The predicted molar refractivity (Wildman–Crippen MR) is 80.9 cm³/mol. The van der Waals surface area contributed by atoms with Crippen LogP contribution in [0.5, 0.6) is 0 Å². The van der Waals surface area contributed by atoms with Gasteiger partial charge in [0, 0.05) is 35.7 Å². The summed E-state index contributed by atoms with van der Waals surface area (Å²) in [6.07, 6.45) is 0. The maximum absolute atomic E-state index is 10.9. The zero-order valence-electron chi connectivity index (χ0n) is 11.7. The number of rotatable bonds is 5. The SMILES string of the molecule is Cc1ccc([N+](=O)[O-])cc1-c1nc(CNC(C)C)cs1. The number of thiazole rings is 1. The quantitative estimate of drug-likeness (QED) is 0.676. The van der Waals surface area contributed by atoms with Gasteiger partial charge in [0.15, 0.2) is 0 Å². The van der Waals surface area contributed by atoms with Gasteiger partial charge in [-0.25, -0.2) is 4.98 Å². The third kappa shape index (κ3) is 3.40. The Kier molecular flexibility index (Phi) is 4.46. The van der Waals surface area contributed by atoms with Crippen molar-refractivity contribution in [3.8, 4) is 10.6 Å². The molecule has 1 N–H and O–H groups in total. The van der Waals surface area contributed by atoms with Crippen molar-refractivity contribution in [3.05, 3.63) is 45.0 Å². The minimum absolute atomic E-state index is 0.0997. The first-order valence-corrected chi connectivity index (χ1v) is 7.28. The van der Waals surface area contributed by atoms with Gasteiger partial charge in [0.1, 0.15) is 5.01 Å². The predicted octanol–water partition coefficient (Wildman–Crippen LogP) is 3.52. The molecular weight excluding hydrogens is 274 g/mol. The van der Waals surface area contributed by atoms with E-state index in [1.165, 1.54) is 17.4 Å². The molecule has 2 rings (SSSR count). The van der Waals surface area contributed by atoms with E-state index in [4.69, 9.17) is 0 Å². The summed E-state index contributed by atoms with van der Waals surface area (Å²) in [5.74, 6) is 0. The molecule has 20 heavy (non-hydrogen) atoms. The number of aryl methyl sites for hydroxylation is 1. The highest BCUT2D eigenvalue weighted by atomic mass is 32.1. The Labute approximate surface area is 121 Å². The molecule has 0 saturated heterocycles. The molecule has 0 spiro atoms. The first kappa shape index (κ1) is 14.6. The van der Waals surface area contributed by atoms with E-state index in [0.717, 1.165) is 21.8 Å². The topological polar surface area (TPSA) is 68.1 Å². The second-order valence-electron chi connectivity index (χ2n) is 4.94. The number of hydrogen-bond acceptors (Lipinski definition) is 5. The molecule has 1 aromatic carbocycles. The lowest BCUT2D eigenvalue weighted by atomic mass is 10.1. The van der Waals surface area contributed by atoms with E-state index in [2.05, 4.69) is 24.1 Å². The third-order valence-electron chi connectivity index (χ3n) is 2.91. The van der Waals surface area contributed by atoms with Gasteiger partial charge >= 0.3 is 0 Å². The van der Waals surface area contributed by atoms with Crippen molar-refractivity contribution in [1.82, 2.24) is 10.3 Å². The van der Waals surface area contributed by atoms with E-state index in [1.807, 2.05) is 12.3 Å². The highest BCUT2D eigenvalue weighted by molar-refractivity contribution is 7.13. The van der Waals surface area contributed by atoms with E-state index in [9.17, 15) is 10.1 Å². The average molecular weight is 291 g/mol. The first-order valence-electron chi connectivity index (χ1n) is 6.40. The first-order chi connectivity index (χ1) is 9.47. The number of aromatic nitrogens is 1. The van der Waals surface area contributed by atoms with Gasteiger partial charge in [0.2, 0.25) is 0 Å². The molecule has 0 aliphatic rings. The van der Waals surface area contributed by atoms with Crippen molar-refractivity contribution >= 4 is 17.0 Å². The van der Waals surface area contributed by atoms with Gasteiger partial charge < -0.3 is 5.32 Å². The van der Waals surface area contributed by atoms with Gasteiger partial charge in [-0.15, -0.1) is 11.3 Å². The summed E-state index contributed by atoms with van der Waals surface area (Å²) >= 11 is 1.52. The lowest BCUT2D eigenvalue weighted by Crippen LogP contribution is -2.21. The molecule has 0 atom stereocenters. The molecule has 0 saturated carbocycles. The van der Waals surface area contributed by atoms with Crippen LogP contribution < -0.4 is 5.32 Å². The highest BCUT2D eigenvalue weighted by Crippen LogP contribution is 2.30. The molecule has 0 bridgehead atoms. The lowest BCUT2D eigenvalue weighted by Gasteiger charge is -2.05. The second kappa shape index (κ2) is 6.11. The van der Waals surface area contributed by atoms with Crippen LogP contribution >= 0.6 is 11.3 Å². The van der Waals surface area contributed by atoms with Crippen molar-refractivity contribution in [1.29, 1.82) is 0 Å². The summed E-state index contributed by atoms with van der Waals surface area (Å²) in [6.45, 7) is 6.81. The standard InChI is InChI=1S/C14H17N3O2S/c1-9(2)15-7-11-8-20-14(16-11)13-6-12(17(18)19)5-4-10(13)3/h4-6,8-9,15H,7H2,1-3H3. The molecule has 1 aromatic heterocycles. The molecule has 2 aromatic rings. The molecule has 5 nitrogen and oxygen atoms in total. The van der Waals surface area contributed by atoms with Crippen LogP contribution in [0.25, 0.3) is 10.6 Å². The van der Waals surface area contributed by atoms with Gasteiger partial charge in [-0.05, 0) is 12.5 Å². The fourth-order valence-electron chi connectivity index (χ4n) is 1.77. The fraction of sp³-hybridized carbons (Fsp3) is 0.357. The van der Waals surface area contributed by atoms with Crippen molar-refractivity contribution in [2.75, 3.05) is 0 Å². The Hall–Kier alpha value is -1.79. The Balaban J connectivity index is 2.27. The summed E-state index contributed by atoms with van der Waals surface area (Å²) in [6, 6.07) is 5.28. The number of nitrogens with one attached hydrogen (secondary N) is 1. The van der Waals surface area contributed by atoms with Crippen molar-refractivity contribution < 1.29 is 4.92 Å². The van der Waals surface area contributed by atoms with E-state index in [0.29, 0.717) is 12.6 Å². The van der Waals surface area contributed by atoms with E-state index >= 15 is 0 Å². The minimum atomic E-state index is -0.377. The molecule has 1 heterocycles. The van der Waals surface area contributed by atoms with Crippen LogP contribution in [0, 0.1) is 17.0 Å². The zero-order valence-corrected chi connectivity index (χ0v) is 12.5. The number of hydrogen-bond donors (Lipinski definition) is 1. The number of non-ortho nitro benzene ring substituents is 1. The van der Waals surface area contributed by atoms with Crippen LogP contribution in [0.15, 0.2) is 23.6 Å². The van der Waals surface area contributed by atoms with Crippen molar-refractivity contribution in [2.24, 2.45) is 0 Å². The van der Waals surface area contributed by atoms with Crippen molar-refractivity contribution in [3.63, 3.8) is 0 Å². The molecule has 0 amide bonds. The summed E-state index contributed by atoms with van der Waals surface area (Å²) < 4.78 is 0. The molecular formula is C14H17N3O2S. The number of nitro benzene ring substituents is 1. The van der Waals surface area contributed by atoms with Gasteiger partial charge in [-0.2, -0.15) is 0 Å². The Morgan fingerprint density at radius 2 is 2.20 bits per heavy atom. The van der Waals surface area contributed by atoms with Gasteiger partial charge in [-0.1, -0.05) is 19.9 Å². The maximum Gasteiger partial charge on any atom is 0.270 e.